The second-order valence-corrected chi connectivity index (χ2v) is 5.88. The van der Waals surface area contributed by atoms with Crippen LogP contribution in [-0.4, -0.2) is 13.4 Å². The van der Waals surface area contributed by atoms with Gasteiger partial charge in [0, 0.05) is 6.20 Å². The third-order valence-electron chi connectivity index (χ3n) is 1.47. The summed E-state index contributed by atoms with van der Waals surface area (Å²) in [7, 11) is -3.96. The van der Waals surface area contributed by atoms with Crippen LogP contribution in [0.1, 0.15) is 12.1 Å². The molecule has 15 heavy (non-hydrogen) atoms. The van der Waals surface area contributed by atoms with E-state index in [-0.39, 0.29) is 12.9 Å². The lowest BCUT2D eigenvalue weighted by molar-refractivity contribution is 0.144. The van der Waals surface area contributed by atoms with Crippen LogP contribution < -0.4 is 5.14 Å². The van der Waals surface area contributed by atoms with E-state index in [4.69, 9.17) is 5.14 Å². The van der Waals surface area contributed by atoms with Gasteiger partial charge >= 0.3 is 0 Å². The molecular weight excluding hydrogens is 409 g/mol. The molecule has 1 aromatic heterocycles. The summed E-state index contributed by atoms with van der Waals surface area (Å²) in [5.41, 5.74) is -0.477. The predicted molar refractivity (Wildman–Crippen MR) is 61.0 cm³/mol. The highest BCUT2D eigenvalue weighted by atomic mass is 127. The highest BCUT2D eigenvalue weighted by molar-refractivity contribution is 14.1. The summed E-state index contributed by atoms with van der Waals surface area (Å²) >= 11 is 4.47. The Morgan fingerprint density at radius 3 is 2.47 bits per heavy atom. The molecule has 4 nitrogen and oxygen atoms in total. The number of aromatic nitrogens is 1. The van der Waals surface area contributed by atoms with Crippen LogP contribution in [0.3, 0.4) is 0 Å². The van der Waals surface area contributed by atoms with Crippen LogP contribution in [-0.2, 0) is 10.0 Å². The Kier molecular flexibility index (Phi) is 4.01. The fourth-order valence-electron chi connectivity index (χ4n) is 0.813. The van der Waals surface area contributed by atoms with E-state index in [0.29, 0.717) is 0 Å². The van der Waals surface area contributed by atoms with E-state index in [9.17, 15) is 17.2 Å². The molecule has 0 saturated carbocycles. The molecule has 9 heteroatoms. The molecular formula is C6H4BrF2IN2O2S. The van der Waals surface area contributed by atoms with Gasteiger partial charge in [-0.15, -0.1) is 0 Å². The number of halogens is 4. The number of sulfonamides is 1. The number of hydrogen-bond acceptors (Lipinski definition) is 3. The molecule has 0 aliphatic heterocycles. The van der Waals surface area contributed by atoms with Crippen molar-refractivity contribution in [2.75, 3.05) is 0 Å². The van der Waals surface area contributed by atoms with Crippen molar-refractivity contribution in [2.24, 2.45) is 5.14 Å². The van der Waals surface area contributed by atoms with Crippen LogP contribution in [0.25, 0.3) is 0 Å². The summed E-state index contributed by atoms with van der Waals surface area (Å²) in [6, 6.07) is 0. The van der Waals surface area contributed by atoms with E-state index in [1.54, 1.807) is 22.6 Å². The highest BCUT2D eigenvalue weighted by Gasteiger charge is 2.22. The average molecular weight is 413 g/mol. The fourth-order valence-corrected chi connectivity index (χ4v) is 3.19. The lowest BCUT2D eigenvalue weighted by Crippen LogP contribution is -2.14. The number of primary sulfonamides is 1. The van der Waals surface area contributed by atoms with Crippen molar-refractivity contribution in [1.29, 1.82) is 0 Å². The van der Waals surface area contributed by atoms with Crippen molar-refractivity contribution in [3.63, 3.8) is 0 Å². The Morgan fingerprint density at radius 1 is 1.53 bits per heavy atom. The first-order valence-corrected chi connectivity index (χ1v) is 6.81. The first-order chi connectivity index (χ1) is 6.75. The average Bonchev–Trinajstić information content (AvgIpc) is 2.06. The van der Waals surface area contributed by atoms with Crippen molar-refractivity contribution in [3.05, 3.63) is 19.9 Å². The summed E-state index contributed by atoms with van der Waals surface area (Å²) in [5.74, 6) is 0. The molecule has 0 saturated heterocycles. The summed E-state index contributed by atoms with van der Waals surface area (Å²) in [4.78, 5) is 3.05. The molecule has 0 fully saturated rings. The van der Waals surface area contributed by atoms with Crippen LogP contribution >= 0.6 is 38.5 Å². The molecule has 1 rings (SSSR count). The molecule has 0 unspecified atom stereocenters. The molecule has 2 N–H and O–H groups in total. The third kappa shape index (κ3) is 2.82. The minimum Gasteiger partial charge on any atom is -0.253 e. The highest BCUT2D eigenvalue weighted by Crippen LogP contribution is 2.31. The van der Waals surface area contributed by atoms with Gasteiger partial charge in [0.15, 0.2) is 0 Å². The van der Waals surface area contributed by atoms with Gasteiger partial charge in [0.1, 0.15) is 10.6 Å². The third-order valence-corrected chi connectivity index (χ3v) is 5.31. The van der Waals surface area contributed by atoms with E-state index in [1.165, 1.54) is 0 Å². The maximum Gasteiger partial charge on any atom is 0.281 e. The zero-order chi connectivity index (χ0) is 11.8. The van der Waals surface area contributed by atoms with Crippen LogP contribution in [0.4, 0.5) is 8.78 Å². The Balaban J connectivity index is 3.48. The van der Waals surface area contributed by atoms with E-state index in [2.05, 4.69) is 20.9 Å². The largest absolute Gasteiger partial charge is 0.281 e. The first kappa shape index (κ1) is 13.2. The van der Waals surface area contributed by atoms with Gasteiger partial charge in [0.25, 0.3) is 6.43 Å². The fraction of sp³-hybridized carbons (Fsp3) is 0.167. The molecule has 1 heterocycles. The van der Waals surface area contributed by atoms with Gasteiger partial charge in [-0.25, -0.2) is 22.3 Å². The van der Waals surface area contributed by atoms with Crippen LogP contribution in [0.5, 0.6) is 0 Å². The second kappa shape index (κ2) is 4.55. The van der Waals surface area contributed by atoms with Crippen molar-refractivity contribution in [1.82, 2.24) is 4.98 Å². The van der Waals surface area contributed by atoms with E-state index >= 15 is 0 Å². The second-order valence-electron chi connectivity index (χ2n) is 2.48. The molecule has 0 aromatic carbocycles. The number of nitrogens with two attached hydrogens (primary N) is 1. The normalized spacial score (nSPS) is 12.1. The Labute approximate surface area is 107 Å². The molecule has 0 aliphatic rings. The van der Waals surface area contributed by atoms with Gasteiger partial charge in [0.2, 0.25) is 10.0 Å². The molecule has 0 radical (unpaired) electrons. The summed E-state index contributed by atoms with van der Waals surface area (Å²) in [6.45, 7) is 0. The molecule has 0 atom stereocenters. The van der Waals surface area contributed by atoms with E-state index < -0.39 is 22.1 Å². The molecule has 1 aromatic rings. The number of rotatable bonds is 2. The molecule has 84 valence electrons. The molecule has 0 bridgehead atoms. The van der Waals surface area contributed by atoms with Crippen LogP contribution in [0.15, 0.2) is 15.6 Å². The maximum atomic E-state index is 12.4. The molecule has 0 amide bonds. The summed E-state index contributed by atoms with van der Waals surface area (Å²) in [6.07, 6.45) is -1.95. The Hall–Kier alpha value is 0.130. The monoisotopic (exact) mass is 412 g/mol. The number of nitrogens with zero attached hydrogens (tertiary/aromatic N) is 1. The number of pyridine rings is 1. The van der Waals surface area contributed by atoms with Crippen LogP contribution in [0, 0.1) is 3.57 Å². The lowest BCUT2D eigenvalue weighted by atomic mass is 10.4. The van der Waals surface area contributed by atoms with E-state index in [0.717, 1.165) is 6.20 Å². The minimum atomic E-state index is -3.96. The zero-order valence-electron chi connectivity index (χ0n) is 6.92. The van der Waals surface area contributed by atoms with E-state index in [1.807, 2.05) is 0 Å². The van der Waals surface area contributed by atoms with Gasteiger partial charge < -0.3 is 0 Å². The Bertz CT molecular complexity index is 494. The summed E-state index contributed by atoms with van der Waals surface area (Å²) in [5, 5.41) is 4.86. The topological polar surface area (TPSA) is 73.1 Å². The van der Waals surface area contributed by atoms with Gasteiger partial charge in [-0.2, -0.15) is 0 Å². The zero-order valence-corrected chi connectivity index (χ0v) is 11.5. The number of alkyl halides is 2. The van der Waals surface area contributed by atoms with Crippen molar-refractivity contribution >= 4 is 48.5 Å². The van der Waals surface area contributed by atoms with Gasteiger partial charge in [-0.05, 0) is 38.5 Å². The van der Waals surface area contributed by atoms with Gasteiger partial charge in [0.05, 0.1) is 8.04 Å². The SMILES string of the molecule is NS(=O)(=O)c1cnc(C(F)F)c(I)c1Br. The van der Waals surface area contributed by atoms with Crippen molar-refractivity contribution in [3.8, 4) is 0 Å². The van der Waals surface area contributed by atoms with Crippen molar-refractivity contribution < 1.29 is 17.2 Å². The quantitative estimate of drug-likeness (QED) is 0.755. The smallest absolute Gasteiger partial charge is 0.253 e. The Morgan fingerprint density at radius 2 is 2.07 bits per heavy atom. The number of hydrogen-bond donors (Lipinski definition) is 1. The van der Waals surface area contributed by atoms with Crippen molar-refractivity contribution in [2.45, 2.75) is 11.3 Å². The molecule has 0 spiro atoms. The maximum absolute atomic E-state index is 12.4. The van der Waals surface area contributed by atoms with Crippen LogP contribution in [0.2, 0.25) is 0 Å². The predicted octanol–water partition coefficient (Wildman–Crippen LogP) is 2.03. The van der Waals surface area contributed by atoms with Gasteiger partial charge in [-0.1, -0.05) is 0 Å². The first-order valence-electron chi connectivity index (χ1n) is 3.40. The van der Waals surface area contributed by atoms with Gasteiger partial charge in [-0.3, -0.25) is 4.98 Å². The lowest BCUT2D eigenvalue weighted by Gasteiger charge is -2.07. The summed E-state index contributed by atoms with van der Waals surface area (Å²) < 4.78 is 46.8. The standard InChI is InChI=1S/C6H4BrF2IN2O2S/c7-3-2(15(11,13)14)1-12-5(4(3)10)6(8)9/h1,6H,(H2,11,13,14). The minimum absolute atomic E-state index is 0.0101. The molecule has 0 aliphatic carbocycles.